The van der Waals surface area contributed by atoms with Gasteiger partial charge in [0.05, 0.1) is 17.6 Å². The lowest BCUT2D eigenvalue weighted by molar-refractivity contribution is 0.0238. The Morgan fingerprint density at radius 3 is 2.59 bits per heavy atom. The summed E-state index contributed by atoms with van der Waals surface area (Å²) in [6.07, 6.45) is 2.28. The average Bonchev–Trinajstić information content (AvgIpc) is 3.09. The van der Waals surface area contributed by atoms with Gasteiger partial charge in [-0.25, -0.2) is 14.8 Å². The smallest absolute Gasteiger partial charge is 0.410 e. The number of amides is 1. The van der Waals surface area contributed by atoms with Gasteiger partial charge >= 0.3 is 6.09 Å². The zero-order chi connectivity index (χ0) is 23.6. The van der Waals surface area contributed by atoms with Crippen molar-refractivity contribution in [3.8, 4) is 0 Å². The molecule has 0 saturated carbocycles. The van der Waals surface area contributed by atoms with Gasteiger partial charge in [0.2, 0.25) is 0 Å². The Morgan fingerprint density at radius 1 is 1.28 bits per heavy atom. The van der Waals surface area contributed by atoms with E-state index in [1.165, 1.54) is 6.08 Å². The molecule has 32 heavy (non-hydrogen) atoms. The van der Waals surface area contributed by atoms with Crippen LogP contribution in [-0.2, 0) is 17.8 Å². The number of ether oxygens (including phenoxy) is 1. The summed E-state index contributed by atoms with van der Waals surface area (Å²) in [7, 11) is 0. The van der Waals surface area contributed by atoms with E-state index < -0.39 is 5.60 Å². The lowest BCUT2D eigenvalue weighted by Gasteiger charge is -2.26. The van der Waals surface area contributed by atoms with Crippen LogP contribution in [0.3, 0.4) is 0 Å². The highest BCUT2D eigenvalue weighted by atomic mass is 16.6. The maximum absolute atomic E-state index is 12.6. The Kier molecular flexibility index (Phi) is 6.38. The maximum Gasteiger partial charge on any atom is 0.410 e. The van der Waals surface area contributed by atoms with Crippen molar-refractivity contribution < 1.29 is 9.53 Å². The van der Waals surface area contributed by atoms with E-state index in [0.29, 0.717) is 48.0 Å². The number of carbonyl (C=O) groups excluding carboxylic acids is 1. The molecule has 9 nitrogen and oxygen atoms in total. The van der Waals surface area contributed by atoms with Crippen molar-refractivity contribution in [3.05, 3.63) is 35.7 Å². The van der Waals surface area contributed by atoms with Crippen molar-refractivity contribution in [2.75, 3.05) is 12.3 Å². The summed E-state index contributed by atoms with van der Waals surface area (Å²) in [6.45, 7) is 10.9. The molecule has 1 amide bonds. The number of fused-ring (bicyclic) bond motifs is 3. The molecule has 0 fully saturated rings. The van der Waals surface area contributed by atoms with E-state index in [9.17, 15) is 4.79 Å². The van der Waals surface area contributed by atoms with Gasteiger partial charge in [-0.2, -0.15) is 0 Å². The molecule has 2 heterocycles. The number of nitrogen functional groups attached to an aromatic ring is 1. The molecule has 3 rings (SSSR count). The molecule has 170 valence electrons. The molecule has 9 heteroatoms. The first-order valence-electron chi connectivity index (χ1n) is 10.6. The lowest BCUT2D eigenvalue weighted by Crippen LogP contribution is -2.37. The zero-order valence-corrected chi connectivity index (χ0v) is 19.3. The molecular formula is C23H31N7O2. The Labute approximate surface area is 187 Å². The Bertz CT molecular complexity index is 1200. The Hall–Kier alpha value is -3.62. The van der Waals surface area contributed by atoms with Crippen LogP contribution in [-0.4, -0.2) is 43.9 Å². The van der Waals surface area contributed by atoms with Gasteiger partial charge in [0.1, 0.15) is 16.9 Å². The largest absolute Gasteiger partial charge is 0.444 e. The van der Waals surface area contributed by atoms with E-state index >= 15 is 0 Å². The van der Waals surface area contributed by atoms with E-state index in [4.69, 9.17) is 26.6 Å². The molecule has 0 aliphatic heterocycles. The minimum Gasteiger partial charge on any atom is -0.444 e. The second-order valence-corrected chi connectivity index (χ2v) is 8.48. The Balaban J connectivity index is 2.12. The molecule has 0 unspecified atom stereocenters. The van der Waals surface area contributed by atoms with Crippen molar-refractivity contribution in [3.63, 3.8) is 0 Å². The van der Waals surface area contributed by atoms with Gasteiger partial charge in [0, 0.05) is 30.4 Å². The van der Waals surface area contributed by atoms with E-state index in [1.54, 1.807) is 4.90 Å². The molecule has 1 aromatic carbocycles. The predicted molar refractivity (Wildman–Crippen MR) is 128 cm³/mol. The van der Waals surface area contributed by atoms with E-state index in [2.05, 4.69) is 9.55 Å². The molecule has 0 bridgehead atoms. The number of aryl methyl sites for hydroxylation is 1. The molecule has 2 aromatic heterocycles. The number of carbonyl (C=O) groups is 1. The number of hydrogen-bond donors (Lipinski definition) is 3. The van der Waals surface area contributed by atoms with Gasteiger partial charge in [-0.3, -0.25) is 0 Å². The van der Waals surface area contributed by atoms with Crippen LogP contribution < -0.4 is 11.5 Å². The SMILES string of the molecule is CCN(Cc1nc2c(N)nc3cc(/C(N)=C/C=N)ccc3c2n1CC)C(=O)OC(C)(C)C. The number of benzene rings is 1. The highest BCUT2D eigenvalue weighted by Gasteiger charge is 2.24. The van der Waals surface area contributed by atoms with Crippen molar-refractivity contribution in [1.82, 2.24) is 19.4 Å². The van der Waals surface area contributed by atoms with E-state index in [0.717, 1.165) is 22.7 Å². The monoisotopic (exact) mass is 437 g/mol. The van der Waals surface area contributed by atoms with Crippen LogP contribution in [0.25, 0.3) is 27.6 Å². The van der Waals surface area contributed by atoms with Crippen LogP contribution in [0.4, 0.5) is 10.6 Å². The number of rotatable bonds is 6. The number of nitrogens with two attached hydrogens (primary N) is 2. The molecule has 0 aliphatic rings. The number of hydrogen-bond acceptors (Lipinski definition) is 7. The van der Waals surface area contributed by atoms with Gasteiger partial charge in [0.15, 0.2) is 5.82 Å². The first-order chi connectivity index (χ1) is 15.1. The minimum atomic E-state index is -0.578. The van der Waals surface area contributed by atoms with Crippen LogP contribution in [0.1, 0.15) is 46.0 Å². The number of imidazole rings is 1. The average molecular weight is 438 g/mol. The van der Waals surface area contributed by atoms with Gasteiger partial charge in [-0.1, -0.05) is 6.07 Å². The number of pyridine rings is 1. The molecule has 3 aromatic rings. The molecule has 0 saturated heterocycles. The number of nitrogens with zero attached hydrogens (tertiary/aromatic N) is 4. The first kappa shape index (κ1) is 23.1. The topological polar surface area (TPSA) is 136 Å². The highest BCUT2D eigenvalue weighted by Crippen LogP contribution is 2.30. The number of aromatic nitrogens is 3. The van der Waals surface area contributed by atoms with Gasteiger partial charge in [-0.05, 0) is 58.4 Å². The number of allylic oxidation sites excluding steroid dienone is 1. The predicted octanol–water partition coefficient (Wildman–Crippen LogP) is 3.89. The molecule has 0 spiro atoms. The standard InChI is InChI=1S/C23H31N7O2/c1-6-29(22(31)32-23(3,4)5)13-18-28-19-20(30(18)7-2)15-9-8-14(16(25)10-11-24)12-17(15)27-21(19)26/h8-12,24H,6-7,13,25H2,1-5H3,(H2,26,27)/b16-10-,24-11?. The summed E-state index contributed by atoms with van der Waals surface area (Å²) < 4.78 is 7.59. The van der Waals surface area contributed by atoms with E-state index in [1.807, 2.05) is 52.8 Å². The fourth-order valence-electron chi connectivity index (χ4n) is 3.59. The molecule has 5 N–H and O–H groups in total. The summed E-state index contributed by atoms with van der Waals surface area (Å²) in [5.41, 5.74) is 15.1. The molecule has 0 radical (unpaired) electrons. The van der Waals surface area contributed by atoms with Crippen LogP contribution in [0.5, 0.6) is 0 Å². The number of nitrogens with one attached hydrogen (secondary N) is 1. The van der Waals surface area contributed by atoms with Crippen molar-refractivity contribution >= 4 is 45.8 Å². The quantitative estimate of drug-likeness (QED) is 0.500. The van der Waals surface area contributed by atoms with Crippen LogP contribution >= 0.6 is 0 Å². The van der Waals surface area contributed by atoms with E-state index in [-0.39, 0.29) is 6.09 Å². The van der Waals surface area contributed by atoms with Crippen LogP contribution in [0, 0.1) is 5.41 Å². The summed E-state index contributed by atoms with van der Waals surface area (Å²) in [6, 6.07) is 5.68. The molecule has 0 atom stereocenters. The fourth-order valence-corrected chi connectivity index (χ4v) is 3.59. The second kappa shape index (κ2) is 8.86. The van der Waals surface area contributed by atoms with Gasteiger partial charge in [0.25, 0.3) is 0 Å². The maximum atomic E-state index is 12.6. The first-order valence-corrected chi connectivity index (χ1v) is 10.6. The lowest BCUT2D eigenvalue weighted by atomic mass is 10.1. The van der Waals surface area contributed by atoms with Crippen molar-refractivity contribution in [1.29, 1.82) is 5.41 Å². The van der Waals surface area contributed by atoms with Crippen LogP contribution in [0.15, 0.2) is 24.3 Å². The normalized spacial score (nSPS) is 12.3. The van der Waals surface area contributed by atoms with Gasteiger partial charge < -0.3 is 31.1 Å². The van der Waals surface area contributed by atoms with Crippen LogP contribution in [0.2, 0.25) is 0 Å². The highest BCUT2D eigenvalue weighted by molar-refractivity contribution is 6.07. The molecular weight excluding hydrogens is 406 g/mol. The fraction of sp³-hybridized carbons (Fsp3) is 0.391. The third kappa shape index (κ3) is 4.51. The second-order valence-electron chi connectivity index (χ2n) is 8.48. The third-order valence-corrected chi connectivity index (χ3v) is 5.06. The van der Waals surface area contributed by atoms with Crippen molar-refractivity contribution in [2.24, 2.45) is 5.73 Å². The number of anilines is 1. The van der Waals surface area contributed by atoms with Crippen molar-refractivity contribution in [2.45, 2.75) is 53.3 Å². The zero-order valence-electron chi connectivity index (χ0n) is 19.3. The summed E-state index contributed by atoms with van der Waals surface area (Å²) >= 11 is 0. The Morgan fingerprint density at radius 2 is 2.00 bits per heavy atom. The summed E-state index contributed by atoms with van der Waals surface area (Å²) in [4.78, 5) is 23.5. The molecule has 0 aliphatic carbocycles. The summed E-state index contributed by atoms with van der Waals surface area (Å²) in [5, 5.41) is 8.12. The summed E-state index contributed by atoms with van der Waals surface area (Å²) in [5.74, 6) is 1.02. The van der Waals surface area contributed by atoms with Gasteiger partial charge in [-0.15, -0.1) is 0 Å². The minimum absolute atomic E-state index is 0.294. The third-order valence-electron chi connectivity index (χ3n) is 5.06.